The summed E-state index contributed by atoms with van der Waals surface area (Å²) in [6.07, 6.45) is -1.92. The molecule has 3 heterocycles. The van der Waals surface area contributed by atoms with E-state index in [1.54, 1.807) is 20.8 Å². The van der Waals surface area contributed by atoms with Gasteiger partial charge in [0, 0.05) is 80.4 Å². The summed E-state index contributed by atoms with van der Waals surface area (Å²) < 4.78 is 17.9. The predicted octanol–water partition coefficient (Wildman–Crippen LogP) is 4.50. The van der Waals surface area contributed by atoms with Crippen molar-refractivity contribution in [1.29, 1.82) is 0 Å². The number of carboxylic acid groups (broad SMARTS) is 3. The Kier molecular flexibility index (Phi) is 32.9. The van der Waals surface area contributed by atoms with Crippen LogP contribution < -0.4 is 15.3 Å². The molecule has 103 heavy (non-hydrogen) atoms. The van der Waals surface area contributed by atoms with Gasteiger partial charge in [-0.05, 0) is 115 Å². The fourth-order valence-corrected chi connectivity index (χ4v) is 12.3. The maximum Gasteiger partial charge on any atom is 0.359 e. The van der Waals surface area contributed by atoms with Crippen molar-refractivity contribution in [3.05, 3.63) is 154 Å². The van der Waals surface area contributed by atoms with Crippen molar-refractivity contribution >= 4 is 70.6 Å². The minimum Gasteiger partial charge on any atom is -0.550 e. The second-order valence-corrected chi connectivity index (χ2v) is 24.2. The molecule has 0 saturated carbocycles. The van der Waals surface area contributed by atoms with Crippen molar-refractivity contribution in [2.24, 2.45) is 0 Å². The molecule has 3 aliphatic rings. The smallest absolute Gasteiger partial charge is 0.359 e. The van der Waals surface area contributed by atoms with E-state index in [4.69, 9.17) is 19.3 Å². The van der Waals surface area contributed by atoms with E-state index in [0.717, 1.165) is 58.9 Å². The third-order valence-electron chi connectivity index (χ3n) is 19.3. The van der Waals surface area contributed by atoms with Crippen LogP contribution >= 0.6 is 0 Å². The highest BCUT2D eigenvalue weighted by molar-refractivity contribution is 5.99. The van der Waals surface area contributed by atoms with Crippen molar-refractivity contribution in [2.75, 3.05) is 58.9 Å². The number of aliphatic carboxylic acids is 3. The molecule has 3 amide bonds. The molecule has 0 aromatic heterocycles. The van der Waals surface area contributed by atoms with Gasteiger partial charge in [-0.1, -0.05) is 20.8 Å². The molecular weight excluding hydrogens is 1350 g/mol. The van der Waals surface area contributed by atoms with E-state index in [9.17, 15) is 104 Å². The molecule has 6 rings (SSSR count). The second kappa shape index (κ2) is 39.1. The topological polar surface area (TPSA) is 471 Å². The predicted molar refractivity (Wildman–Crippen MR) is 359 cm³/mol. The number of nitro benzene ring substituents is 3. The number of amides is 3. The fourth-order valence-electron chi connectivity index (χ4n) is 12.3. The van der Waals surface area contributed by atoms with Crippen molar-refractivity contribution in [2.45, 2.75) is 178 Å². The Labute approximate surface area is 596 Å². The number of non-ortho nitro benzene ring substituents is 3. The van der Waals surface area contributed by atoms with Gasteiger partial charge >= 0.3 is 17.9 Å². The van der Waals surface area contributed by atoms with Crippen LogP contribution in [0.2, 0.25) is 0 Å². The number of benzene rings is 3. The molecule has 34 nitrogen and oxygen atoms in total. The summed E-state index contributed by atoms with van der Waals surface area (Å²) in [5, 5.41) is 103. The number of esters is 3. The number of hydrogen-bond acceptors (Lipinski definition) is 25. The summed E-state index contributed by atoms with van der Waals surface area (Å²) >= 11 is 0. The molecule has 3 aliphatic heterocycles. The van der Waals surface area contributed by atoms with Gasteiger partial charge < -0.3 is 77.8 Å². The van der Waals surface area contributed by atoms with Crippen molar-refractivity contribution in [1.82, 2.24) is 14.7 Å². The van der Waals surface area contributed by atoms with Crippen molar-refractivity contribution in [3.63, 3.8) is 0 Å². The standard InChI is InChI=1S/3C21H29N3O6.C6H8O7/c3*1-5-17(25)20(22-18(13-19(22)26)24(6-2,7-3)8-4)21(27)30-14-15-9-11-16(12-10-15)23(28)29;7-3(8)1-6(13,5(11)12)2-4(9)10/h3*9-12,18H,5-8,13-14H2,1-4H3;13H,1-2H2,(H,7,8)(H,9,10)(H,11,12). The number of rotatable bonds is 35. The van der Waals surface area contributed by atoms with Crippen LogP contribution in [0.5, 0.6) is 0 Å². The van der Waals surface area contributed by atoms with Crippen LogP contribution in [0.3, 0.4) is 0 Å². The van der Waals surface area contributed by atoms with Crippen LogP contribution in [0.25, 0.3) is 0 Å². The number of carboxylic acids is 3. The molecule has 0 aliphatic carbocycles. The summed E-state index contributed by atoms with van der Waals surface area (Å²) in [5.41, 5.74) is -1.79. The molecule has 3 aromatic carbocycles. The van der Waals surface area contributed by atoms with Gasteiger partial charge in [0.15, 0.2) is 35.6 Å². The summed E-state index contributed by atoms with van der Waals surface area (Å²) in [6, 6.07) is 17.0. The van der Waals surface area contributed by atoms with Crippen LogP contribution in [-0.2, 0) is 77.2 Å². The van der Waals surface area contributed by atoms with Gasteiger partial charge in [-0.2, -0.15) is 0 Å². The van der Waals surface area contributed by atoms with E-state index in [1.165, 1.54) is 87.5 Å². The van der Waals surface area contributed by atoms with Crippen molar-refractivity contribution < 1.29 is 121 Å². The largest absolute Gasteiger partial charge is 0.550 e. The second-order valence-electron chi connectivity index (χ2n) is 24.2. The number of ether oxygens (including phenoxy) is 3. The van der Waals surface area contributed by atoms with Gasteiger partial charge in [0.1, 0.15) is 62.0 Å². The van der Waals surface area contributed by atoms with Crippen LogP contribution in [-0.4, -0.2) is 200 Å². The van der Waals surface area contributed by atoms with Crippen LogP contribution in [0.15, 0.2) is 107 Å². The minimum absolute atomic E-state index is 0.0592. The first kappa shape index (κ1) is 86.8. The summed E-state index contributed by atoms with van der Waals surface area (Å²) in [7, 11) is 0. The molecule has 0 radical (unpaired) electrons. The van der Waals surface area contributed by atoms with E-state index in [1.807, 2.05) is 62.3 Å². The number of β-lactam (4-membered cyclic amide) rings is 3. The zero-order chi connectivity index (χ0) is 78.1. The van der Waals surface area contributed by atoms with Gasteiger partial charge in [-0.25, -0.2) is 14.4 Å². The third-order valence-corrected chi connectivity index (χ3v) is 19.3. The zero-order valence-corrected chi connectivity index (χ0v) is 60.2. The van der Waals surface area contributed by atoms with Gasteiger partial charge in [-0.3, -0.25) is 59.4 Å². The number of hydrogen-bond donors (Lipinski definition) is 4. The molecule has 3 saturated heterocycles. The highest BCUT2D eigenvalue weighted by atomic mass is 16.6. The van der Waals surface area contributed by atoms with Gasteiger partial charge in [0.05, 0.1) is 79.6 Å². The average molecular weight is 1450 g/mol. The number of aliphatic hydroxyl groups excluding tert-OH is 3. The highest BCUT2D eigenvalue weighted by Gasteiger charge is 2.55. The summed E-state index contributed by atoms with van der Waals surface area (Å²) in [5.74, 6) is -9.58. The molecule has 34 heteroatoms. The lowest BCUT2D eigenvalue weighted by atomic mass is 9.96. The number of quaternary nitrogens is 3. The normalized spacial score (nSPS) is 16.5. The molecule has 3 aromatic rings. The first-order chi connectivity index (χ1) is 48.5. The molecule has 3 fully saturated rings. The maximum absolute atomic E-state index is 12.9. The third kappa shape index (κ3) is 21.3. The first-order valence-corrected chi connectivity index (χ1v) is 33.8. The fraction of sp³-hybridized carbons (Fsp3) is 0.522. The Bertz CT molecular complexity index is 3260. The van der Waals surface area contributed by atoms with E-state index < -0.39 is 69.0 Å². The van der Waals surface area contributed by atoms with E-state index >= 15 is 0 Å². The maximum atomic E-state index is 12.9. The monoisotopic (exact) mass is 1450 g/mol. The molecule has 3 unspecified atom stereocenters. The lowest BCUT2D eigenvalue weighted by Gasteiger charge is -2.52. The lowest BCUT2D eigenvalue weighted by Crippen LogP contribution is -2.70. The van der Waals surface area contributed by atoms with E-state index in [0.29, 0.717) is 49.4 Å². The molecule has 4 N–H and O–H groups in total. The lowest BCUT2D eigenvalue weighted by molar-refractivity contribution is -0.958. The highest BCUT2D eigenvalue weighted by Crippen LogP contribution is 2.38. The van der Waals surface area contributed by atoms with Crippen LogP contribution in [0, 0.1) is 30.3 Å². The molecule has 566 valence electrons. The van der Waals surface area contributed by atoms with Gasteiger partial charge in [0.25, 0.3) is 17.1 Å². The number of likely N-dealkylation sites (tertiary alicyclic amines) is 3. The number of carbonyl (C=O) groups excluding carboxylic acids is 9. The van der Waals surface area contributed by atoms with E-state index in [-0.39, 0.29) is 127 Å². The molecule has 3 atom stereocenters. The zero-order valence-electron chi connectivity index (χ0n) is 60.2. The Morgan fingerprint density at radius 1 is 0.417 bits per heavy atom. The van der Waals surface area contributed by atoms with E-state index in [2.05, 4.69) is 0 Å². The summed E-state index contributed by atoms with van der Waals surface area (Å²) in [4.78, 5) is 141. The SMILES string of the molecule is CC/C(O)=C(\C(=O)OCc1ccc([N+](=O)[O-])cc1)N1C(=O)CC1[N+](CC)(CC)CC.CC/C(O)=C(\C(=O)OCc1ccc([N+](=O)[O-])cc1)N1C(=O)CC1[N+](CC)(CC)CC.CC/C(O)=C(\C(=O)OCc1ccc([N+](=O)[O-])cc1)N1C(=O)CC1[N+](CC)(CC)CC.O=C([O-])CC(O)(CC(=O)[O-])C(=O)[O-]. The first-order valence-electron chi connectivity index (χ1n) is 33.8. The van der Waals surface area contributed by atoms with Crippen molar-refractivity contribution in [3.8, 4) is 0 Å². The van der Waals surface area contributed by atoms with Gasteiger partial charge in [-0.15, -0.1) is 0 Å². The number of nitro groups is 3. The van der Waals surface area contributed by atoms with Crippen LogP contribution in [0.1, 0.15) is 151 Å². The number of aliphatic hydroxyl groups is 4. The minimum atomic E-state index is -2.97. The average Bonchev–Trinajstić information content (AvgIpc) is 0.758. The Morgan fingerprint density at radius 3 is 0.767 bits per heavy atom. The Balaban J connectivity index is 0.000000369. The Morgan fingerprint density at radius 2 is 0.621 bits per heavy atom. The number of nitrogens with zero attached hydrogens (tertiary/aromatic N) is 9. The summed E-state index contributed by atoms with van der Waals surface area (Å²) in [6.45, 7) is 30.2. The van der Waals surface area contributed by atoms with Gasteiger partial charge in [0.2, 0.25) is 17.7 Å². The number of allylic oxidation sites excluding steroid dienone is 3. The quantitative estimate of drug-likeness (QED) is 0.00920. The van der Waals surface area contributed by atoms with Crippen LogP contribution in [0.4, 0.5) is 17.1 Å². The molecule has 0 bridgehead atoms. The molecule has 0 spiro atoms. The molecular formula is C69H95N9O25. The number of carbonyl (C=O) groups is 9. The Hall–Kier alpha value is -10.4.